The molecular formula is C13H12FNO3S. The Kier molecular flexibility index (Phi) is 4.01. The van der Waals surface area contributed by atoms with E-state index in [-0.39, 0.29) is 5.82 Å². The van der Waals surface area contributed by atoms with Crippen molar-refractivity contribution >= 4 is 28.0 Å². The van der Waals surface area contributed by atoms with E-state index in [1.165, 1.54) is 37.7 Å². The van der Waals surface area contributed by atoms with Crippen LogP contribution < -0.4 is 10.1 Å². The van der Waals surface area contributed by atoms with Crippen LogP contribution in [0.15, 0.2) is 29.6 Å². The molecular weight excluding hydrogens is 269 g/mol. The van der Waals surface area contributed by atoms with Crippen molar-refractivity contribution in [1.29, 1.82) is 0 Å². The van der Waals surface area contributed by atoms with E-state index in [0.29, 0.717) is 22.0 Å². The van der Waals surface area contributed by atoms with E-state index in [2.05, 4.69) is 10.1 Å². The summed E-state index contributed by atoms with van der Waals surface area (Å²) in [5, 5.41) is 5.43. The first-order valence-electron chi connectivity index (χ1n) is 5.42. The fraction of sp³-hybridized carbons (Fsp3) is 0.154. The molecule has 0 aliphatic heterocycles. The zero-order valence-corrected chi connectivity index (χ0v) is 11.2. The quantitative estimate of drug-likeness (QED) is 0.872. The number of carbonyl (C=O) groups is 1. The first kappa shape index (κ1) is 13.4. The second-order valence-corrected chi connectivity index (χ2v) is 4.54. The highest BCUT2D eigenvalue weighted by atomic mass is 32.1. The van der Waals surface area contributed by atoms with Gasteiger partial charge >= 0.3 is 5.97 Å². The van der Waals surface area contributed by atoms with Crippen LogP contribution in [0.1, 0.15) is 10.4 Å². The molecule has 0 fully saturated rings. The minimum Gasteiger partial charge on any atom is -0.494 e. The molecule has 0 aliphatic carbocycles. The van der Waals surface area contributed by atoms with Crippen LogP contribution in [0, 0.1) is 5.82 Å². The maximum Gasteiger partial charge on any atom is 0.340 e. The molecule has 0 atom stereocenters. The van der Waals surface area contributed by atoms with Gasteiger partial charge in [0, 0.05) is 6.07 Å². The first-order chi connectivity index (χ1) is 9.15. The number of hydrogen-bond donors (Lipinski definition) is 1. The summed E-state index contributed by atoms with van der Waals surface area (Å²) in [6, 6.07) is 5.80. The summed E-state index contributed by atoms with van der Waals surface area (Å²) in [5.41, 5.74) is 1.01. The summed E-state index contributed by atoms with van der Waals surface area (Å²) in [7, 11) is 2.78. The Balaban J connectivity index is 2.31. The Morgan fingerprint density at radius 3 is 2.79 bits per heavy atom. The zero-order chi connectivity index (χ0) is 13.8. The second-order valence-electron chi connectivity index (χ2n) is 3.62. The molecule has 1 N–H and O–H groups in total. The number of hydrogen-bond acceptors (Lipinski definition) is 5. The van der Waals surface area contributed by atoms with Gasteiger partial charge in [-0.25, -0.2) is 9.18 Å². The molecule has 1 aromatic carbocycles. The van der Waals surface area contributed by atoms with Crippen LogP contribution in [0.25, 0.3) is 0 Å². The Morgan fingerprint density at radius 1 is 1.32 bits per heavy atom. The third-order valence-corrected chi connectivity index (χ3v) is 3.31. The van der Waals surface area contributed by atoms with Gasteiger partial charge < -0.3 is 14.8 Å². The van der Waals surface area contributed by atoms with Crippen molar-refractivity contribution in [1.82, 2.24) is 0 Å². The average Bonchev–Trinajstić information content (AvgIpc) is 2.88. The number of nitrogens with one attached hydrogen (secondary N) is 1. The molecule has 0 spiro atoms. The smallest absolute Gasteiger partial charge is 0.340 e. The number of ether oxygens (including phenoxy) is 2. The maximum atomic E-state index is 13.1. The summed E-state index contributed by atoms with van der Waals surface area (Å²) in [4.78, 5) is 11.5. The monoisotopic (exact) mass is 281 g/mol. The van der Waals surface area contributed by atoms with E-state index < -0.39 is 5.97 Å². The molecule has 4 nitrogen and oxygen atoms in total. The van der Waals surface area contributed by atoms with Gasteiger partial charge in [0.05, 0.1) is 25.5 Å². The van der Waals surface area contributed by atoms with Gasteiger partial charge in [-0.3, -0.25) is 0 Å². The molecule has 0 aliphatic rings. The lowest BCUT2D eigenvalue weighted by Gasteiger charge is -2.10. The van der Waals surface area contributed by atoms with Crippen molar-refractivity contribution in [3.8, 4) is 5.75 Å². The molecule has 100 valence electrons. The molecule has 1 aromatic heterocycles. The van der Waals surface area contributed by atoms with Crippen molar-refractivity contribution < 1.29 is 18.7 Å². The molecule has 0 bridgehead atoms. The lowest BCUT2D eigenvalue weighted by atomic mass is 10.2. The van der Waals surface area contributed by atoms with Crippen molar-refractivity contribution in [3.05, 3.63) is 41.0 Å². The fourth-order valence-corrected chi connectivity index (χ4v) is 2.35. The molecule has 0 amide bonds. The van der Waals surface area contributed by atoms with Gasteiger partial charge in [-0.1, -0.05) is 0 Å². The van der Waals surface area contributed by atoms with Gasteiger partial charge in [0.25, 0.3) is 0 Å². The van der Waals surface area contributed by atoms with Crippen LogP contribution in [0.5, 0.6) is 5.75 Å². The number of esters is 1. The summed E-state index contributed by atoms with van der Waals surface area (Å²) >= 11 is 1.35. The Morgan fingerprint density at radius 2 is 2.11 bits per heavy atom. The molecule has 2 aromatic rings. The molecule has 1 heterocycles. The van der Waals surface area contributed by atoms with Crippen molar-refractivity contribution in [3.63, 3.8) is 0 Å². The van der Waals surface area contributed by atoms with Gasteiger partial charge in [0.15, 0.2) is 0 Å². The van der Waals surface area contributed by atoms with Crippen LogP contribution >= 0.6 is 11.3 Å². The SMILES string of the molecule is COC(=O)c1ccsc1Nc1ccc(F)cc1OC. The third kappa shape index (κ3) is 2.85. The molecule has 0 saturated carbocycles. The molecule has 0 saturated heterocycles. The topological polar surface area (TPSA) is 47.6 Å². The van der Waals surface area contributed by atoms with Crippen molar-refractivity contribution in [2.75, 3.05) is 19.5 Å². The Hall–Kier alpha value is -2.08. The van der Waals surface area contributed by atoms with Gasteiger partial charge in [-0.15, -0.1) is 11.3 Å². The van der Waals surface area contributed by atoms with Gasteiger partial charge in [-0.2, -0.15) is 0 Å². The lowest BCUT2D eigenvalue weighted by Crippen LogP contribution is -2.03. The predicted molar refractivity (Wildman–Crippen MR) is 71.9 cm³/mol. The van der Waals surface area contributed by atoms with E-state index >= 15 is 0 Å². The number of benzene rings is 1. The number of thiophene rings is 1. The van der Waals surface area contributed by atoms with E-state index in [1.807, 2.05) is 0 Å². The summed E-state index contributed by atoms with van der Waals surface area (Å²) in [5.74, 6) is -0.448. The summed E-state index contributed by atoms with van der Waals surface area (Å²) < 4.78 is 22.9. The van der Waals surface area contributed by atoms with Crippen LogP contribution in [-0.4, -0.2) is 20.2 Å². The summed E-state index contributed by atoms with van der Waals surface area (Å²) in [6.45, 7) is 0. The maximum absolute atomic E-state index is 13.1. The second kappa shape index (κ2) is 5.71. The minimum absolute atomic E-state index is 0.365. The van der Waals surface area contributed by atoms with Crippen LogP contribution in [0.2, 0.25) is 0 Å². The molecule has 6 heteroatoms. The largest absolute Gasteiger partial charge is 0.494 e. The van der Waals surface area contributed by atoms with Crippen LogP contribution in [-0.2, 0) is 4.74 Å². The number of carbonyl (C=O) groups excluding carboxylic acids is 1. The van der Waals surface area contributed by atoms with Gasteiger partial charge in [0.2, 0.25) is 0 Å². The van der Waals surface area contributed by atoms with E-state index in [1.54, 1.807) is 17.5 Å². The van der Waals surface area contributed by atoms with Crippen LogP contribution in [0.3, 0.4) is 0 Å². The molecule has 0 unspecified atom stereocenters. The van der Waals surface area contributed by atoms with Crippen LogP contribution in [0.4, 0.5) is 15.1 Å². The normalized spacial score (nSPS) is 10.1. The first-order valence-corrected chi connectivity index (χ1v) is 6.30. The zero-order valence-electron chi connectivity index (χ0n) is 10.4. The van der Waals surface area contributed by atoms with E-state index in [4.69, 9.17) is 4.74 Å². The van der Waals surface area contributed by atoms with Gasteiger partial charge in [0.1, 0.15) is 16.6 Å². The molecule has 19 heavy (non-hydrogen) atoms. The number of rotatable bonds is 4. The standard InChI is InChI=1S/C13H12FNO3S/c1-17-11-7-8(14)3-4-10(11)15-12-9(5-6-19-12)13(16)18-2/h3-7,15H,1-2H3. The van der Waals surface area contributed by atoms with E-state index in [9.17, 15) is 9.18 Å². The van der Waals surface area contributed by atoms with Gasteiger partial charge in [-0.05, 0) is 23.6 Å². The predicted octanol–water partition coefficient (Wildman–Crippen LogP) is 3.43. The van der Waals surface area contributed by atoms with Crippen molar-refractivity contribution in [2.45, 2.75) is 0 Å². The fourth-order valence-electron chi connectivity index (χ4n) is 1.57. The molecule has 2 rings (SSSR count). The number of methoxy groups -OCH3 is 2. The number of halogens is 1. The minimum atomic E-state index is -0.426. The highest BCUT2D eigenvalue weighted by molar-refractivity contribution is 7.14. The summed E-state index contributed by atoms with van der Waals surface area (Å²) in [6.07, 6.45) is 0. The third-order valence-electron chi connectivity index (χ3n) is 2.48. The van der Waals surface area contributed by atoms with Crippen molar-refractivity contribution in [2.24, 2.45) is 0 Å². The average molecular weight is 281 g/mol. The highest BCUT2D eigenvalue weighted by Gasteiger charge is 2.14. The number of anilines is 2. The highest BCUT2D eigenvalue weighted by Crippen LogP contribution is 2.32. The Bertz CT molecular complexity index is 597. The molecule has 0 radical (unpaired) electrons. The Labute approximate surface area is 113 Å². The van der Waals surface area contributed by atoms with E-state index in [0.717, 1.165) is 0 Å². The lowest BCUT2D eigenvalue weighted by molar-refractivity contribution is 0.0602.